The molecule has 2 aromatic rings. The number of carbonyl (C=O) groups is 1. The first kappa shape index (κ1) is 18.4. The summed E-state index contributed by atoms with van der Waals surface area (Å²) < 4.78 is 45.7. The van der Waals surface area contributed by atoms with Gasteiger partial charge in [-0.3, -0.25) is 4.79 Å². The third-order valence-corrected chi connectivity index (χ3v) is 3.62. The highest BCUT2D eigenvalue weighted by atomic mass is 19.3. The Balaban J connectivity index is 1.66. The van der Waals surface area contributed by atoms with Crippen molar-refractivity contribution in [3.8, 4) is 23.0 Å². The van der Waals surface area contributed by atoms with Gasteiger partial charge in [-0.2, -0.15) is 13.9 Å². The van der Waals surface area contributed by atoms with E-state index in [1.165, 1.54) is 25.5 Å². The lowest BCUT2D eigenvalue weighted by Crippen LogP contribution is -2.42. The molecule has 2 aromatic carbocycles. The summed E-state index contributed by atoms with van der Waals surface area (Å²) in [6, 6.07) is 11.5. The summed E-state index contributed by atoms with van der Waals surface area (Å²) in [5, 5.41) is 3.78. The third-order valence-electron chi connectivity index (χ3n) is 3.62. The number of fused-ring (bicyclic) bond motifs is 1. The number of nitrogens with zero attached hydrogens (tertiary/aromatic N) is 1. The van der Waals surface area contributed by atoms with Crippen LogP contribution in [0.15, 0.2) is 47.6 Å². The summed E-state index contributed by atoms with van der Waals surface area (Å²) >= 11 is 0. The van der Waals surface area contributed by atoms with Gasteiger partial charge >= 0.3 is 6.61 Å². The molecule has 0 unspecified atom stereocenters. The van der Waals surface area contributed by atoms with Crippen LogP contribution >= 0.6 is 0 Å². The van der Waals surface area contributed by atoms with E-state index in [0.717, 1.165) is 0 Å². The highest BCUT2D eigenvalue weighted by Gasteiger charge is 2.27. The highest BCUT2D eigenvalue weighted by molar-refractivity contribution is 5.87. The van der Waals surface area contributed by atoms with Crippen molar-refractivity contribution in [3.63, 3.8) is 0 Å². The molecule has 0 aliphatic carbocycles. The highest BCUT2D eigenvalue weighted by Crippen LogP contribution is 2.32. The molecule has 0 saturated heterocycles. The number of benzene rings is 2. The Hall–Kier alpha value is -3.36. The van der Waals surface area contributed by atoms with Gasteiger partial charge in [-0.15, -0.1) is 0 Å². The maximum Gasteiger partial charge on any atom is 0.387 e. The number of methoxy groups -OCH3 is 1. The zero-order chi connectivity index (χ0) is 19.2. The fraction of sp³-hybridized carbons (Fsp3) is 0.222. The molecule has 7 nitrogen and oxygen atoms in total. The fourth-order valence-corrected chi connectivity index (χ4v) is 2.40. The molecule has 1 N–H and O–H groups in total. The zero-order valence-electron chi connectivity index (χ0n) is 14.2. The molecule has 0 bridgehead atoms. The number of hydrazone groups is 1. The normalized spacial score (nSPS) is 15.6. The molecular weight excluding hydrogens is 362 g/mol. The predicted octanol–water partition coefficient (Wildman–Crippen LogP) is 2.59. The number of para-hydroxylation sites is 3. The van der Waals surface area contributed by atoms with Gasteiger partial charge in [0.2, 0.25) is 6.10 Å². The topological polar surface area (TPSA) is 78.4 Å². The van der Waals surface area contributed by atoms with Crippen molar-refractivity contribution < 1.29 is 32.5 Å². The largest absolute Gasteiger partial charge is 0.493 e. The molecule has 0 aromatic heterocycles. The Morgan fingerprint density at radius 1 is 1.26 bits per heavy atom. The van der Waals surface area contributed by atoms with E-state index in [0.29, 0.717) is 11.5 Å². The number of hydrogen-bond donors (Lipinski definition) is 1. The minimum absolute atomic E-state index is 0.0251. The van der Waals surface area contributed by atoms with Crippen molar-refractivity contribution >= 4 is 12.1 Å². The van der Waals surface area contributed by atoms with Crippen molar-refractivity contribution in [1.82, 2.24) is 5.43 Å². The van der Waals surface area contributed by atoms with Crippen molar-refractivity contribution in [1.29, 1.82) is 0 Å². The number of amides is 1. The van der Waals surface area contributed by atoms with Crippen LogP contribution in [0.3, 0.4) is 0 Å². The molecule has 1 amide bonds. The van der Waals surface area contributed by atoms with Crippen LogP contribution in [-0.2, 0) is 4.79 Å². The van der Waals surface area contributed by atoms with Crippen LogP contribution in [0.1, 0.15) is 5.56 Å². The van der Waals surface area contributed by atoms with E-state index in [1.807, 2.05) is 0 Å². The molecule has 1 aliphatic heterocycles. The van der Waals surface area contributed by atoms with Gasteiger partial charge < -0.3 is 18.9 Å². The van der Waals surface area contributed by atoms with Gasteiger partial charge in [0.15, 0.2) is 23.0 Å². The molecular formula is C18H16F2N2O5. The van der Waals surface area contributed by atoms with Crippen molar-refractivity contribution in [2.75, 3.05) is 13.7 Å². The predicted molar refractivity (Wildman–Crippen MR) is 91.7 cm³/mol. The zero-order valence-corrected chi connectivity index (χ0v) is 14.2. The maximum atomic E-state index is 12.6. The minimum Gasteiger partial charge on any atom is -0.493 e. The average molecular weight is 378 g/mol. The Morgan fingerprint density at radius 2 is 2.04 bits per heavy atom. The molecule has 0 fully saturated rings. The maximum absolute atomic E-state index is 12.6. The first-order chi connectivity index (χ1) is 13.1. The molecule has 1 heterocycles. The lowest BCUT2D eigenvalue weighted by Gasteiger charge is -2.24. The van der Waals surface area contributed by atoms with Crippen molar-refractivity contribution in [2.45, 2.75) is 12.7 Å². The van der Waals surface area contributed by atoms with E-state index in [1.54, 1.807) is 30.3 Å². The van der Waals surface area contributed by atoms with Gasteiger partial charge in [0.1, 0.15) is 6.61 Å². The second-order valence-corrected chi connectivity index (χ2v) is 5.36. The van der Waals surface area contributed by atoms with E-state index in [-0.39, 0.29) is 23.7 Å². The number of hydrogen-bond acceptors (Lipinski definition) is 6. The lowest BCUT2D eigenvalue weighted by atomic mass is 10.2. The summed E-state index contributed by atoms with van der Waals surface area (Å²) in [7, 11) is 1.33. The standard InChI is InChI=1S/C18H16F2N2O5/c1-24-14-8-4-5-11(16(14)27-18(19)20)9-21-22-17(23)15-10-25-12-6-2-3-7-13(12)26-15/h2-9,15,18H,10H2,1H3,(H,22,23)/b21-9-/t15-/m1/s1. The second-order valence-electron chi connectivity index (χ2n) is 5.36. The molecule has 142 valence electrons. The Morgan fingerprint density at radius 3 is 2.78 bits per heavy atom. The molecule has 0 radical (unpaired) electrons. The van der Waals surface area contributed by atoms with Crippen LogP contribution in [0.25, 0.3) is 0 Å². The van der Waals surface area contributed by atoms with Gasteiger partial charge in [0.25, 0.3) is 5.91 Å². The van der Waals surface area contributed by atoms with E-state index in [9.17, 15) is 13.6 Å². The van der Waals surface area contributed by atoms with Crippen LogP contribution < -0.4 is 24.4 Å². The van der Waals surface area contributed by atoms with Gasteiger partial charge in [-0.05, 0) is 24.3 Å². The fourth-order valence-electron chi connectivity index (χ4n) is 2.40. The molecule has 1 atom stereocenters. The smallest absolute Gasteiger partial charge is 0.387 e. The summed E-state index contributed by atoms with van der Waals surface area (Å²) in [4.78, 5) is 12.2. The summed E-state index contributed by atoms with van der Waals surface area (Å²) in [6.07, 6.45) is 0.287. The van der Waals surface area contributed by atoms with Gasteiger partial charge in [-0.1, -0.05) is 18.2 Å². The summed E-state index contributed by atoms with van der Waals surface area (Å²) in [5.41, 5.74) is 2.50. The number of halogens is 2. The monoisotopic (exact) mass is 378 g/mol. The molecule has 3 rings (SSSR count). The van der Waals surface area contributed by atoms with Crippen molar-refractivity contribution in [3.05, 3.63) is 48.0 Å². The van der Waals surface area contributed by atoms with Gasteiger partial charge in [0, 0.05) is 5.56 Å². The van der Waals surface area contributed by atoms with E-state index < -0.39 is 18.6 Å². The van der Waals surface area contributed by atoms with Crippen LogP contribution in [0.5, 0.6) is 23.0 Å². The Kier molecular flexibility index (Phi) is 5.70. The molecule has 27 heavy (non-hydrogen) atoms. The Labute approximate surface area is 153 Å². The quantitative estimate of drug-likeness (QED) is 0.618. The first-order valence-electron chi connectivity index (χ1n) is 7.91. The van der Waals surface area contributed by atoms with Crippen LogP contribution in [-0.4, -0.2) is 38.6 Å². The van der Waals surface area contributed by atoms with Gasteiger partial charge in [0.05, 0.1) is 13.3 Å². The number of ether oxygens (including phenoxy) is 4. The van der Waals surface area contributed by atoms with Crippen LogP contribution in [0, 0.1) is 0 Å². The van der Waals surface area contributed by atoms with Crippen molar-refractivity contribution in [2.24, 2.45) is 5.10 Å². The first-order valence-corrected chi connectivity index (χ1v) is 7.91. The van der Waals surface area contributed by atoms with Gasteiger partial charge in [-0.25, -0.2) is 5.43 Å². The number of carbonyl (C=O) groups excluding carboxylic acids is 1. The van der Waals surface area contributed by atoms with E-state index in [2.05, 4.69) is 15.3 Å². The van der Waals surface area contributed by atoms with E-state index in [4.69, 9.17) is 14.2 Å². The molecule has 1 aliphatic rings. The van der Waals surface area contributed by atoms with Crippen LogP contribution in [0.2, 0.25) is 0 Å². The third kappa shape index (κ3) is 4.43. The number of nitrogens with one attached hydrogen (secondary N) is 1. The number of rotatable bonds is 6. The lowest BCUT2D eigenvalue weighted by molar-refractivity contribution is -0.130. The summed E-state index contributed by atoms with van der Waals surface area (Å²) in [5.74, 6) is 0.397. The van der Waals surface area contributed by atoms with E-state index >= 15 is 0 Å². The molecule has 0 spiro atoms. The molecule has 0 saturated carbocycles. The molecule has 9 heteroatoms. The minimum atomic E-state index is -3.03. The van der Waals surface area contributed by atoms with Crippen LogP contribution in [0.4, 0.5) is 8.78 Å². The average Bonchev–Trinajstić information content (AvgIpc) is 2.68. The Bertz CT molecular complexity index is 844. The number of alkyl halides is 2. The SMILES string of the molecule is COc1cccc(/C=N\NC(=O)[C@H]2COc3ccccc3O2)c1OC(F)F. The summed E-state index contributed by atoms with van der Waals surface area (Å²) in [6.45, 7) is -3.01. The second kappa shape index (κ2) is 8.35.